The summed E-state index contributed by atoms with van der Waals surface area (Å²) in [6, 6.07) is 27.3. The summed E-state index contributed by atoms with van der Waals surface area (Å²) in [5, 5.41) is 19.6. The van der Waals surface area contributed by atoms with Crippen LogP contribution >= 0.6 is 24.8 Å². The van der Waals surface area contributed by atoms with E-state index in [1.807, 2.05) is 18.2 Å². The van der Waals surface area contributed by atoms with Gasteiger partial charge >= 0.3 is 0 Å². The minimum absolute atomic E-state index is 0. The number of hydrogen-bond acceptors (Lipinski definition) is 4. The van der Waals surface area contributed by atoms with Gasteiger partial charge in [-0.15, -0.1) is 24.8 Å². The Morgan fingerprint density at radius 2 is 1.42 bits per heavy atom. The Kier molecular flexibility index (Phi) is 11.8. The molecule has 1 saturated heterocycles. The zero-order chi connectivity index (χ0) is 23.9. The SMILES string of the molecule is CC(C)N1CCN(c2cccc(/C(=C(/CCCO)c3ccccc3)c3ccc(O)cc3)c2)CC1.Cl.Cl. The normalized spacial score (nSPS) is 14.6. The lowest BCUT2D eigenvalue weighted by atomic mass is 9.87. The number of aromatic hydroxyl groups is 1. The van der Waals surface area contributed by atoms with Gasteiger partial charge in [0.05, 0.1) is 0 Å². The topological polar surface area (TPSA) is 46.9 Å². The van der Waals surface area contributed by atoms with E-state index in [4.69, 9.17) is 0 Å². The van der Waals surface area contributed by atoms with Crippen molar-refractivity contribution >= 4 is 41.6 Å². The van der Waals surface area contributed by atoms with Crippen LogP contribution in [-0.2, 0) is 0 Å². The van der Waals surface area contributed by atoms with Crippen LogP contribution in [0.25, 0.3) is 11.1 Å². The molecule has 1 heterocycles. The largest absolute Gasteiger partial charge is 0.508 e. The number of aliphatic hydroxyl groups is 1. The van der Waals surface area contributed by atoms with Gasteiger partial charge in [-0.3, -0.25) is 4.90 Å². The molecule has 4 rings (SSSR count). The fourth-order valence-electron chi connectivity index (χ4n) is 4.81. The van der Waals surface area contributed by atoms with E-state index in [1.54, 1.807) is 12.1 Å². The maximum Gasteiger partial charge on any atom is 0.115 e. The van der Waals surface area contributed by atoms with Gasteiger partial charge in [-0.2, -0.15) is 0 Å². The van der Waals surface area contributed by atoms with Gasteiger partial charge in [-0.05, 0) is 78.8 Å². The molecule has 1 aliphatic rings. The van der Waals surface area contributed by atoms with Crippen LogP contribution in [0.2, 0.25) is 0 Å². The van der Waals surface area contributed by atoms with Crippen LogP contribution in [0, 0.1) is 0 Å². The lowest BCUT2D eigenvalue weighted by Crippen LogP contribution is -2.48. The van der Waals surface area contributed by atoms with Gasteiger partial charge in [-0.25, -0.2) is 0 Å². The van der Waals surface area contributed by atoms with Crippen LogP contribution in [0.1, 0.15) is 43.4 Å². The molecule has 0 aliphatic carbocycles. The third-order valence-electron chi connectivity index (χ3n) is 6.71. The molecule has 0 aromatic heterocycles. The van der Waals surface area contributed by atoms with E-state index in [0.717, 1.165) is 54.9 Å². The molecule has 2 N–H and O–H groups in total. The second kappa shape index (κ2) is 14.3. The summed E-state index contributed by atoms with van der Waals surface area (Å²) in [7, 11) is 0. The van der Waals surface area contributed by atoms with Crippen molar-refractivity contribution in [1.29, 1.82) is 0 Å². The maximum absolute atomic E-state index is 9.92. The van der Waals surface area contributed by atoms with Gasteiger partial charge in [0.2, 0.25) is 0 Å². The Morgan fingerprint density at radius 1 is 0.778 bits per heavy atom. The number of phenolic OH excluding ortho intramolecular Hbond substituents is 1. The summed E-state index contributed by atoms with van der Waals surface area (Å²) in [5.41, 5.74) is 6.99. The van der Waals surface area contributed by atoms with Crippen molar-refractivity contribution in [2.75, 3.05) is 37.7 Å². The molecule has 1 fully saturated rings. The zero-order valence-electron chi connectivity index (χ0n) is 21.1. The molecule has 0 saturated carbocycles. The third kappa shape index (κ3) is 7.27. The van der Waals surface area contributed by atoms with Crippen molar-refractivity contribution in [3.8, 4) is 5.75 Å². The van der Waals surface area contributed by atoms with Crippen molar-refractivity contribution in [3.05, 3.63) is 95.6 Å². The molecule has 36 heavy (non-hydrogen) atoms. The first-order valence-electron chi connectivity index (χ1n) is 12.3. The number of nitrogens with zero attached hydrogens (tertiary/aromatic N) is 2. The van der Waals surface area contributed by atoms with E-state index in [0.29, 0.717) is 12.5 Å². The molecule has 194 valence electrons. The molecule has 0 bridgehead atoms. The van der Waals surface area contributed by atoms with Crippen LogP contribution in [-0.4, -0.2) is 53.9 Å². The first kappa shape index (κ1) is 29.7. The van der Waals surface area contributed by atoms with Crippen LogP contribution in [0.5, 0.6) is 5.75 Å². The third-order valence-corrected chi connectivity index (χ3v) is 6.71. The van der Waals surface area contributed by atoms with E-state index in [-0.39, 0.29) is 37.2 Å². The Bertz CT molecular complexity index is 1090. The molecule has 0 atom stereocenters. The van der Waals surface area contributed by atoms with Crippen molar-refractivity contribution < 1.29 is 10.2 Å². The quantitative estimate of drug-likeness (QED) is 0.327. The number of rotatable bonds is 8. The minimum Gasteiger partial charge on any atom is -0.508 e. The number of aliphatic hydroxyl groups excluding tert-OH is 1. The highest BCUT2D eigenvalue weighted by Gasteiger charge is 2.20. The van der Waals surface area contributed by atoms with Crippen LogP contribution < -0.4 is 4.90 Å². The molecule has 0 radical (unpaired) electrons. The van der Waals surface area contributed by atoms with Crippen molar-refractivity contribution in [2.24, 2.45) is 0 Å². The van der Waals surface area contributed by atoms with Gasteiger partial charge in [0.15, 0.2) is 0 Å². The van der Waals surface area contributed by atoms with Gasteiger partial charge in [-0.1, -0.05) is 54.6 Å². The first-order valence-corrected chi connectivity index (χ1v) is 12.3. The summed E-state index contributed by atoms with van der Waals surface area (Å²) in [5.74, 6) is 0.261. The Hall–Kier alpha value is -2.50. The minimum atomic E-state index is 0. The highest BCUT2D eigenvalue weighted by atomic mass is 35.5. The molecule has 6 heteroatoms. The predicted molar refractivity (Wildman–Crippen MR) is 157 cm³/mol. The molecule has 3 aromatic carbocycles. The molecule has 0 amide bonds. The van der Waals surface area contributed by atoms with Crippen molar-refractivity contribution in [1.82, 2.24) is 4.90 Å². The van der Waals surface area contributed by atoms with Crippen LogP contribution in [0.4, 0.5) is 5.69 Å². The standard InChI is InChI=1S/C30H36N2O2.2ClH/c1-23(2)31-17-19-32(20-18-31)27-11-6-10-26(22-27)30(25-13-15-28(34)16-14-25)29(12-7-21-33)24-8-4-3-5-9-24;;/h3-6,8-11,13-16,22-23,33-34H,7,12,17-21H2,1-2H3;2*1H/b30-29-;;. The molecule has 4 nitrogen and oxygen atoms in total. The van der Waals surface area contributed by atoms with Gasteiger partial charge in [0.25, 0.3) is 0 Å². The van der Waals surface area contributed by atoms with E-state index < -0.39 is 0 Å². The summed E-state index contributed by atoms with van der Waals surface area (Å²) < 4.78 is 0. The summed E-state index contributed by atoms with van der Waals surface area (Å²) in [6.45, 7) is 8.89. The monoisotopic (exact) mass is 528 g/mol. The summed E-state index contributed by atoms with van der Waals surface area (Å²) in [6.07, 6.45) is 1.47. The average Bonchev–Trinajstić information content (AvgIpc) is 2.88. The molecule has 0 unspecified atom stereocenters. The lowest BCUT2D eigenvalue weighted by Gasteiger charge is -2.38. The molecule has 0 spiro atoms. The van der Waals surface area contributed by atoms with E-state index in [2.05, 4.69) is 72.2 Å². The first-order chi connectivity index (χ1) is 16.6. The molecule has 1 aliphatic heterocycles. The fourth-order valence-corrected chi connectivity index (χ4v) is 4.81. The Labute approximate surface area is 228 Å². The number of halogens is 2. The Balaban J connectivity index is 0.00000228. The highest BCUT2D eigenvalue weighted by molar-refractivity contribution is 5.99. The molecular formula is C30H38Cl2N2O2. The lowest BCUT2D eigenvalue weighted by molar-refractivity contribution is 0.209. The van der Waals surface area contributed by atoms with Crippen LogP contribution in [0.3, 0.4) is 0 Å². The zero-order valence-corrected chi connectivity index (χ0v) is 22.8. The smallest absolute Gasteiger partial charge is 0.115 e. The van der Waals surface area contributed by atoms with Crippen molar-refractivity contribution in [2.45, 2.75) is 32.7 Å². The fraction of sp³-hybridized carbons (Fsp3) is 0.333. The summed E-state index contributed by atoms with van der Waals surface area (Å²) in [4.78, 5) is 5.01. The number of piperazine rings is 1. The van der Waals surface area contributed by atoms with E-state index in [9.17, 15) is 10.2 Å². The highest BCUT2D eigenvalue weighted by Crippen LogP contribution is 2.37. The van der Waals surface area contributed by atoms with Crippen LogP contribution in [0.15, 0.2) is 78.9 Å². The molecule has 3 aromatic rings. The second-order valence-corrected chi connectivity index (χ2v) is 9.26. The predicted octanol–water partition coefficient (Wildman–Crippen LogP) is 6.50. The van der Waals surface area contributed by atoms with E-state index >= 15 is 0 Å². The van der Waals surface area contributed by atoms with E-state index in [1.165, 1.54) is 11.3 Å². The molecular weight excluding hydrogens is 491 g/mol. The average molecular weight is 530 g/mol. The van der Waals surface area contributed by atoms with Gasteiger partial charge < -0.3 is 15.1 Å². The summed E-state index contributed by atoms with van der Waals surface area (Å²) >= 11 is 0. The number of hydrogen-bond donors (Lipinski definition) is 2. The maximum atomic E-state index is 9.92. The number of allylic oxidation sites excluding steroid dienone is 1. The number of anilines is 1. The van der Waals surface area contributed by atoms with Crippen molar-refractivity contribution in [3.63, 3.8) is 0 Å². The van der Waals surface area contributed by atoms with Gasteiger partial charge in [0.1, 0.15) is 5.75 Å². The Morgan fingerprint density at radius 3 is 2.03 bits per heavy atom. The number of benzene rings is 3. The second-order valence-electron chi connectivity index (χ2n) is 9.26. The van der Waals surface area contributed by atoms with Gasteiger partial charge in [0, 0.05) is 44.5 Å². The number of phenols is 1.